The number of aromatic nitrogens is 2. The van der Waals surface area contributed by atoms with E-state index in [-0.39, 0.29) is 24.9 Å². The number of halogens is 1. The van der Waals surface area contributed by atoms with E-state index < -0.39 is 5.92 Å². The van der Waals surface area contributed by atoms with Crippen molar-refractivity contribution in [3.8, 4) is 28.7 Å². The van der Waals surface area contributed by atoms with E-state index in [0.717, 1.165) is 0 Å². The molecule has 2 aromatic carbocycles. The predicted octanol–water partition coefficient (Wildman–Crippen LogP) is 3.23. The van der Waals surface area contributed by atoms with E-state index in [0.29, 0.717) is 45.8 Å². The zero-order valence-electron chi connectivity index (χ0n) is 16.3. The van der Waals surface area contributed by atoms with Crippen molar-refractivity contribution in [1.82, 2.24) is 9.55 Å². The smallest absolute Gasteiger partial charge is 0.231 e. The van der Waals surface area contributed by atoms with Gasteiger partial charge in [-0.1, -0.05) is 0 Å². The summed E-state index contributed by atoms with van der Waals surface area (Å²) in [5, 5.41) is 2.88. The van der Waals surface area contributed by atoms with Crippen molar-refractivity contribution in [2.24, 2.45) is 0 Å². The van der Waals surface area contributed by atoms with Gasteiger partial charge in [-0.25, -0.2) is 9.37 Å². The average Bonchev–Trinajstić information content (AvgIpc) is 3.39. The molecule has 2 aliphatic heterocycles. The summed E-state index contributed by atoms with van der Waals surface area (Å²) >= 11 is 0. The predicted molar refractivity (Wildman–Crippen MR) is 104 cm³/mol. The van der Waals surface area contributed by atoms with Crippen molar-refractivity contribution in [2.75, 3.05) is 26.3 Å². The fourth-order valence-electron chi connectivity index (χ4n) is 3.93. The Labute approximate surface area is 171 Å². The first-order chi connectivity index (χ1) is 14.6. The molecular weight excluding hydrogens is 393 g/mol. The average molecular weight is 411 g/mol. The Morgan fingerprint density at radius 1 is 1.17 bits per heavy atom. The summed E-state index contributed by atoms with van der Waals surface area (Å²) in [4.78, 5) is 17.2. The summed E-state index contributed by atoms with van der Waals surface area (Å²) in [6.45, 7) is 0.0773. The summed E-state index contributed by atoms with van der Waals surface area (Å²) in [7, 11) is 3.05. The van der Waals surface area contributed by atoms with E-state index in [1.54, 1.807) is 29.1 Å². The lowest BCUT2D eigenvalue weighted by Gasteiger charge is -2.25. The summed E-state index contributed by atoms with van der Waals surface area (Å²) < 4.78 is 37.3. The van der Waals surface area contributed by atoms with Crippen molar-refractivity contribution in [2.45, 2.75) is 12.3 Å². The van der Waals surface area contributed by atoms with Crippen LogP contribution in [0.1, 0.15) is 23.6 Å². The molecule has 0 aliphatic carbocycles. The second kappa shape index (κ2) is 6.94. The second-order valence-electron chi connectivity index (χ2n) is 6.90. The third kappa shape index (κ3) is 2.73. The molecule has 154 valence electrons. The number of anilines is 1. The highest BCUT2D eigenvalue weighted by molar-refractivity contribution is 5.94. The number of hydrogen-bond donors (Lipinski definition) is 1. The largest absolute Gasteiger partial charge is 0.492 e. The van der Waals surface area contributed by atoms with Crippen LogP contribution in [0.4, 0.5) is 10.2 Å². The molecule has 30 heavy (non-hydrogen) atoms. The molecule has 0 radical (unpaired) electrons. The van der Waals surface area contributed by atoms with Gasteiger partial charge in [0.15, 0.2) is 11.5 Å². The van der Waals surface area contributed by atoms with Gasteiger partial charge < -0.3 is 24.3 Å². The standard InChI is InChI=1S/C21H18FN3O5/c1-27-18-14(7-15-19(20(18)28-2)30-10-29-15)13-8-16(26)24-21-17(13)23-9-25(21)12-5-3-11(22)4-6-12/h3-7,9,13H,8,10H2,1-2H3,(H,24,26)/t13-/m0/s1. The number of hydrogen-bond acceptors (Lipinski definition) is 6. The topological polar surface area (TPSA) is 83.8 Å². The molecule has 1 N–H and O–H groups in total. The molecular formula is C21H18FN3O5. The maximum Gasteiger partial charge on any atom is 0.231 e. The fraction of sp³-hybridized carbons (Fsp3) is 0.238. The molecule has 0 fully saturated rings. The Morgan fingerprint density at radius 3 is 2.67 bits per heavy atom. The molecule has 0 saturated heterocycles. The van der Waals surface area contributed by atoms with Gasteiger partial charge in [0.05, 0.1) is 19.9 Å². The number of imidazole rings is 1. The molecule has 9 heteroatoms. The molecule has 0 spiro atoms. The first-order valence-corrected chi connectivity index (χ1v) is 9.28. The summed E-state index contributed by atoms with van der Waals surface area (Å²) in [6, 6.07) is 7.76. The normalized spacial score (nSPS) is 16.8. The van der Waals surface area contributed by atoms with Crippen molar-refractivity contribution < 1.29 is 28.1 Å². The molecule has 5 rings (SSSR count). The van der Waals surface area contributed by atoms with Gasteiger partial charge in [0.2, 0.25) is 24.2 Å². The number of carbonyl (C=O) groups excluding carboxylic acids is 1. The van der Waals surface area contributed by atoms with Gasteiger partial charge in [0.25, 0.3) is 0 Å². The van der Waals surface area contributed by atoms with Crippen LogP contribution in [0.3, 0.4) is 0 Å². The molecule has 3 aromatic rings. The van der Waals surface area contributed by atoms with E-state index in [9.17, 15) is 9.18 Å². The van der Waals surface area contributed by atoms with Crippen LogP contribution in [0.15, 0.2) is 36.7 Å². The van der Waals surface area contributed by atoms with Gasteiger partial charge in [-0.15, -0.1) is 0 Å². The molecule has 0 saturated carbocycles. The lowest BCUT2D eigenvalue weighted by molar-refractivity contribution is -0.116. The quantitative estimate of drug-likeness (QED) is 0.710. The van der Waals surface area contributed by atoms with Crippen LogP contribution >= 0.6 is 0 Å². The van der Waals surface area contributed by atoms with Gasteiger partial charge in [0, 0.05) is 23.6 Å². The third-order valence-corrected chi connectivity index (χ3v) is 5.26. The first kappa shape index (κ1) is 18.3. The molecule has 3 heterocycles. The Hall–Kier alpha value is -3.75. The highest BCUT2D eigenvalue weighted by atomic mass is 19.1. The van der Waals surface area contributed by atoms with Gasteiger partial charge in [-0.05, 0) is 30.3 Å². The van der Waals surface area contributed by atoms with Crippen LogP contribution in [-0.4, -0.2) is 36.5 Å². The number of fused-ring (bicyclic) bond motifs is 2. The Bertz CT molecular complexity index is 1140. The minimum absolute atomic E-state index is 0.0773. The maximum atomic E-state index is 13.3. The minimum Gasteiger partial charge on any atom is -0.492 e. The Kier molecular flexibility index (Phi) is 4.23. The molecule has 1 amide bonds. The van der Waals surface area contributed by atoms with Crippen molar-refractivity contribution >= 4 is 11.7 Å². The van der Waals surface area contributed by atoms with Gasteiger partial charge in [-0.3, -0.25) is 9.36 Å². The number of benzene rings is 2. The van der Waals surface area contributed by atoms with Gasteiger partial charge >= 0.3 is 0 Å². The number of carbonyl (C=O) groups is 1. The zero-order chi connectivity index (χ0) is 20.8. The summed E-state index contributed by atoms with van der Waals surface area (Å²) in [5.41, 5.74) is 2.05. The van der Waals surface area contributed by atoms with E-state index in [1.165, 1.54) is 26.4 Å². The molecule has 1 aromatic heterocycles. The van der Waals surface area contributed by atoms with E-state index in [1.807, 2.05) is 0 Å². The molecule has 8 nitrogen and oxygen atoms in total. The highest BCUT2D eigenvalue weighted by Gasteiger charge is 2.36. The fourth-order valence-corrected chi connectivity index (χ4v) is 3.93. The van der Waals surface area contributed by atoms with Crippen LogP contribution in [0, 0.1) is 5.82 Å². The van der Waals surface area contributed by atoms with Crippen LogP contribution in [0.25, 0.3) is 5.69 Å². The van der Waals surface area contributed by atoms with E-state index in [2.05, 4.69) is 10.3 Å². The van der Waals surface area contributed by atoms with Gasteiger partial charge in [-0.2, -0.15) is 0 Å². The minimum atomic E-state index is -0.395. The van der Waals surface area contributed by atoms with Crippen LogP contribution in [-0.2, 0) is 4.79 Å². The zero-order valence-corrected chi connectivity index (χ0v) is 16.3. The maximum absolute atomic E-state index is 13.3. The van der Waals surface area contributed by atoms with Crippen LogP contribution in [0.2, 0.25) is 0 Å². The van der Waals surface area contributed by atoms with E-state index in [4.69, 9.17) is 18.9 Å². The second-order valence-corrected chi connectivity index (χ2v) is 6.90. The highest BCUT2D eigenvalue weighted by Crippen LogP contribution is 2.53. The summed E-state index contributed by atoms with van der Waals surface area (Å²) in [6.07, 6.45) is 1.78. The SMILES string of the molecule is COc1c([C@@H]2CC(=O)Nc3c2ncn3-c2ccc(F)cc2)cc2c(c1OC)OCO2. The number of amides is 1. The van der Waals surface area contributed by atoms with Crippen LogP contribution < -0.4 is 24.3 Å². The molecule has 0 unspecified atom stereocenters. The third-order valence-electron chi connectivity index (χ3n) is 5.26. The van der Waals surface area contributed by atoms with Crippen molar-refractivity contribution in [1.29, 1.82) is 0 Å². The Morgan fingerprint density at radius 2 is 1.93 bits per heavy atom. The number of nitrogens with zero attached hydrogens (tertiary/aromatic N) is 2. The first-order valence-electron chi connectivity index (χ1n) is 9.28. The Balaban J connectivity index is 1.66. The number of nitrogens with one attached hydrogen (secondary N) is 1. The number of methoxy groups -OCH3 is 2. The lowest BCUT2D eigenvalue weighted by atomic mass is 9.88. The van der Waals surface area contributed by atoms with Gasteiger partial charge in [0.1, 0.15) is 18.0 Å². The van der Waals surface area contributed by atoms with Crippen LogP contribution in [0.5, 0.6) is 23.0 Å². The van der Waals surface area contributed by atoms with Crippen molar-refractivity contribution in [3.05, 3.63) is 53.7 Å². The number of rotatable bonds is 4. The number of ether oxygens (including phenoxy) is 4. The van der Waals surface area contributed by atoms with E-state index >= 15 is 0 Å². The lowest BCUT2D eigenvalue weighted by Crippen LogP contribution is -2.25. The monoisotopic (exact) mass is 411 g/mol. The summed E-state index contributed by atoms with van der Waals surface area (Å²) in [5.74, 6) is 1.48. The molecule has 0 bridgehead atoms. The van der Waals surface area contributed by atoms with Crippen molar-refractivity contribution in [3.63, 3.8) is 0 Å². The molecule has 1 atom stereocenters. The molecule has 2 aliphatic rings.